The van der Waals surface area contributed by atoms with Crippen LogP contribution in [0.25, 0.3) is 0 Å². The molecule has 0 nitrogen and oxygen atoms in total. The second-order valence-corrected chi connectivity index (χ2v) is 9.53. The zero-order valence-electron chi connectivity index (χ0n) is 19.7. The predicted octanol–water partition coefficient (Wildman–Crippen LogP) is 8.27. The van der Waals surface area contributed by atoms with Crippen molar-refractivity contribution in [2.24, 2.45) is 11.8 Å². The molecule has 0 aromatic heterocycles. The molecule has 1 aliphatic rings. The van der Waals surface area contributed by atoms with Gasteiger partial charge in [0.05, 0.1) is 0 Å². The van der Waals surface area contributed by atoms with Crippen LogP contribution >= 0.6 is 0 Å². The molecule has 0 heterocycles. The van der Waals surface area contributed by atoms with Crippen molar-refractivity contribution in [2.75, 3.05) is 0 Å². The largest absolute Gasteiger partial charge is 0.0630 e. The maximum absolute atomic E-state index is 2.42. The molecule has 0 unspecified atom stereocenters. The lowest BCUT2D eigenvalue weighted by Gasteiger charge is -2.28. The van der Waals surface area contributed by atoms with Gasteiger partial charge in [0.15, 0.2) is 0 Å². The van der Waals surface area contributed by atoms with Crippen molar-refractivity contribution >= 4 is 0 Å². The molecule has 0 bridgehead atoms. The van der Waals surface area contributed by atoms with E-state index in [2.05, 4.69) is 149 Å². The SMILES string of the molecule is CC(C)C.CC1C(c2ccccc2)(c2ccccc2)C1(c1ccccc1)c1ccccc1. The van der Waals surface area contributed by atoms with E-state index >= 15 is 0 Å². The summed E-state index contributed by atoms with van der Waals surface area (Å²) in [5.41, 5.74) is 5.39. The zero-order chi connectivity index (χ0) is 22.6. The molecule has 5 rings (SSSR count). The minimum atomic E-state index is -0.0851. The summed E-state index contributed by atoms with van der Waals surface area (Å²) in [7, 11) is 0. The molecule has 1 fully saturated rings. The Hall–Kier alpha value is -3.12. The average molecular weight is 419 g/mol. The van der Waals surface area contributed by atoms with Crippen LogP contribution < -0.4 is 0 Å². The van der Waals surface area contributed by atoms with E-state index in [1.54, 1.807) is 0 Å². The molecule has 0 saturated heterocycles. The highest BCUT2D eigenvalue weighted by atomic mass is 14.8. The summed E-state index contributed by atoms with van der Waals surface area (Å²) in [6, 6.07) is 44.3. The van der Waals surface area contributed by atoms with E-state index in [-0.39, 0.29) is 10.8 Å². The third-order valence-electron chi connectivity index (χ3n) is 6.75. The number of benzene rings is 4. The smallest absolute Gasteiger partial charge is 0.0380 e. The van der Waals surface area contributed by atoms with Gasteiger partial charge >= 0.3 is 0 Å². The van der Waals surface area contributed by atoms with Gasteiger partial charge in [-0.2, -0.15) is 0 Å². The van der Waals surface area contributed by atoms with Crippen LogP contribution in [0.3, 0.4) is 0 Å². The Morgan fingerprint density at radius 3 is 0.812 bits per heavy atom. The molecule has 0 atom stereocenters. The molecule has 0 spiro atoms. The van der Waals surface area contributed by atoms with Gasteiger partial charge < -0.3 is 0 Å². The molecule has 0 heteroatoms. The first kappa shape index (κ1) is 22.1. The summed E-state index contributed by atoms with van der Waals surface area (Å²) >= 11 is 0. The van der Waals surface area contributed by atoms with E-state index in [1.807, 2.05) is 0 Å². The number of hydrogen-bond donors (Lipinski definition) is 0. The maximum atomic E-state index is 2.42. The van der Waals surface area contributed by atoms with Crippen LogP contribution in [0, 0.1) is 11.8 Å². The highest BCUT2D eigenvalue weighted by Gasteiger charge is 2.76. The highest BCUT2D eigenvalue weighted by Crippen LogP contribution is 2.75. The second-order valence-electron chi connectivity index (χ2n) is 9.53. The molecule has 0 radical (unpaired) electrons. The molecule has 1 aliphatic carbocycles. The molecule has 0 aliphatic heterocycles. The first-order valence-corrected chi connectivity index (χ1v) is 11.8. The number of rotatable bonds is 4. The van der Waals surface area contributed by atoms with Crippen molar-refractivity contribution < 1.29 is 0 Å². The quantitative estimate of drug-likeness (QED) is 0.313. The van der Waals surface area contributed by atoms with Crippen LogP contribution in [0.1, 0.15) is 49.9 Å². The fourth-order valence-electron chi connectivity index (χ4n) is 5.71. The van der Waals surface area contributed by atoms with E-state index in [1.165, 1.54) is 22.3 Å². The fourth-order valence-corrected chi connectivity index (χ4v) is 5.71. The molecule has 0 amide bonds. The molecule has 1 saturated carbocycles. The van der Waals surface area contributed by atoms with Gasteiger partial charge in [-0.3, -0.25) is 0 Å². The highest BCUT2D eigenvalue weighted by molar-refractivity contribution is 5.66. The minimum absolute atomic E-state index is 0.0851. The van der Waals surface area contributed by atoms with Gasteiger partial charge in [-0.15, -0.1) is 0 Å². The van der Waals surface area contributed by atoms with E-state index < -0.39 is 0 Å². The molecule has 32 heavy (non-hydrogen) atoms. The van der Waals surface area contributed by atoms with Gasteiger partial charge in [-0.25, -0.2) is 0 Å². The average Bonchev–Trinajstić information content (AvgIpc) is 3.42. The molecular weight excluding hydrogens is 384 g/mol. The van der Waals surface area contributed by atoms with E-state index in [9.17, 15) is 0 Å². The number of hydrogen-bond acceptors (Lipinski definition) is 0. The topological polar surface area (TPSA) is 0 Å². The third kappa shape index (κ3) is 3.48. The van der Waals surface area contributed by atoms with Gasteiger partial charge in [0.2, 0.25) is 0 Å². The van der Waals surface area contributed by atoms with Crippen molar-refractivity contribution in [1.82, 2.24) is 0 Å². The van der Waals surface area contributed by atoms with Crippen molar-refractivity contribution in [3.05, 3.63) is 144 Å². The van der Waals surface area contributed by atoms with E-state index in [0.717, 1.165) is 5.92 Å². The maximum Gasteiger partial charge on any atom is 0.0380 e. The molecular formula is C32H34. The first-order valence-electron chi connectivity index (χ1n) is 11.8. The van der Waals surface area contributed by atoms with Crippen LogP contribution in [-0.4, -0.2) is 0 Å². The summed E-state index contributed by atoms with van der Waals surface area (Å²) < 4.78 is 0. The standard InChI is InChI=1S/C28H24.C4H10/c1-22-27(23-14-6-2-7-15-23,24-16-8-3-9-17-24)28(22,25-18-10-4-11-19-25)26-20-12-5-13-21-26;1-4(2)3/h2-22H,1H3;4H,1-3H3. The Balaban J connectivity index is 0.000000567. The van der Waals surface area contributed by atoms with Crippen molar-refractivity contribution in [2.45, 2.75) is 38.5 Å². The first-order chi connectivity index (χ1) is 15.6. The second kappa shape index (κ2) is 9.17. The molecule has 0 N–H and O–H groups in total. The Bertz CT molecular complexity index is 925. The Labute approximate surface area is 194 Å². The zero-order valence-corrected chi connectivity index (χ0v) is 19.7. The third-order valence-corrected chi connectivity index (χ3v) is 6.75. The monoisotopic (exact) mass is 418 g/mol. The van der Waals surface area contributed by atoms with Gasteiger partial charge in [0.1, 0.15) is 0 Å². The van der Waals surface area contributed by atoms with Crippen LogP contribution in [0.4, 0.5) is 0 Å². The predicted molar refractivity (Wildman–Crippen MR) is 137 cm³/mol. The minimum Gasteiger partial charge on any atom is -0.0630 e. The van der Waals surface area contributed by atoms with Crippen LogP contribution in [-0.2, 0) is 10.8 Å². The lowest BCUT2D eigenvalue weighted by Crippen LogP contribution is -2.25. The van der Waals surface area contributed by atoms with Crippen molar-refractivity contribution in [3.63, 3.8) is 0 Å². The lowest BCUT2D eigenvalue weighted by molar-refractivity contribution is 0.690. The summed E-state index contributed by atoms with van der Waals surface area (Å²) in [5.74, 6) is 1.27. The van der Waals surface area contributed by atoms with Gasteiger partial charge in [0, 0.05) is 10.8 Å². The fraction of sp³-hybridized carbons (Fsp3) is 0.250. The van der Waals surface area contributed by atoms with Gasteiger partial charge in [-0.1, -0.05) is 149 Å². The van der Waals surface area contributed by atoms with Crippen LogP contribution in [0.2, 0.25) is 0 Å². The normalized spacial score (nSPS) is 16.2. The molecule has 4 aromatic rings. The van der Waals surface area contributed by atoms with Gasteiger partial charge in [-0.05, 0) is 34.1 Å². The summed E-state index contributed by atoms with van der Waals surface area (Å²) in [5, 5.41) is 0. The van der Waals surface area contributed by atoms with Gasteiger partial charge in [0.25, 0.3) is 0 Å². The van der Waals surface area contributed by atoms with Crippen molar-refractivity contribution in [1.29, 1.82) is 0 Å². The molecule has 4 aromatic carbocycles. The summed E-state index contributed by atoms with van der Waals surface area (Å²) in [6.45, 7) is 8.92. The summed E-state index contributed by atoms with van der Waals surface area (Å²) in [6.07, 6.45) is 0. The van der Waals surface area contributed by atoms with Crippen molar-refractivity contribution in [3.8, 4) is 0 Å². The Kier molecular flexibility index (Phi) is 6.33. The Morgan fingerprint density at radius 1 is 0.438 bits per heavy atom. The summed E-state index contributed by atoms with van der Waals surface area (Å²) in [4.78, 5) is 0. The van der Waals surface area contributed by atoms with Crippen LogP contribution in [0.15, 0.2) is 121 Å². The molecule has 162 valence electrons. The van der Waals surface area contributed by atoms with E-state index in [4.69, 9.17) is 0 Å². The van der Waals surface area contributed by atoms with E-state index in [0.29, 0.717) is 5.92 Å². The Morgan fingerprint density at radius 2 is 0.625 bits per heavy atom. The lowest BCUT2D eigenvalue weighted by atomic mass is 9.74. The van der Waals surface area contributed by atoms with Crippen LogP contribution in [0.5, 0.6) is 0 Å².